The van der Waals surface area contributed by atoms with E-state index in [1.54, 1.807) is 0 Å². The van der Waals surface area contributed by atoms with Crippen LogP contribution in [0.15, 0.2) is 60.7 Å². The fourth-order valence-corrected chi connectivity index (χ4v) is 9.82. The summed E-state index contributed by atoms with van der Waals surface area (Å²) in [4.78, 5) is 24.7. The summed E-state index contributed by atoms with van der Waals surface area (Å²) < 4.78 is 4.10. The number of hydrogen-bond donors (Lipinski definition) is 2. The average molecular weight is 796 g/mol. The molecule has 8 nitrogen and oxygen atoms in total. The molecule has 2 aromatic heterocycles. The summed E-state index contributed by atoms with van der Waals surface area (Å²) in [6.45, 7) is 8.60. The molecule has 0 aliphatic heterocycles. The fourth-order valence-electron chi connectivity index (χ4n) is 9.67. The minimum absolute atomic E-state index is 0.0234. The zero-order chi connectivity index (χ0) is 40.3. The molecule has 2 aromatic carbocycles. The molecule has 2 saturated carbocycles. The largest absolute Gasteiger partial charge is 0.348 e. The summed E-state index contributed by atoms with van der Waals surface area (Å²) in [7, 11) is 0. The van der Waals surface area contributed by atoms with Crippen molar-refractivity contribution in [3.8, 4) is 0 Å². The molecular formula is C48H67ClN6O2. The molecule has 57 heavy (non-hydrogen) atoms. The molecule has 4 aliphatic carbocycles. The highest BCUT2D eigenvalue weighted by Gasteiger charge is 2.30. The van der Waals surface area contributed by atoms with Crippen molar-refractivity contribution in [2.24, 2.45) is 17.6 Å². The maximum atomic E-state index is 13.2. The van der Waals surface area contributed by atoms with E-state index in [0.717, 1.165) is 56.4 Å². The van der Waals surface area contributed by atoms with Crippen molar-refractivity contribution in [3.05, 3.63) is 106 Å². The number of halogens is 1. The van der Waals surface area contributed by atoms with Crippen LogP contribution in [0.1, 0.15) is 184 Å². The van der Waals surface area contributed by atoms with Gasteiger partial charge in [0, 0.05) is 34.6 Å². The number of carbonyl (C=O) groups excluding carboxylic acids is 2. The van der Waals surface area contributed by atoms with Gasteiger partial charge < -0.3 is 11.1 Å². The zero-order valence-electron chi connectivity index (χ0n) is 35.0. The molecular weight excluding hydrogens is 728 g/mol. The molecule has 8 rings (SSSR count). The topological polar surface area (TPSA) is 108 Å². The van der Waals surface area contributed by atoms with Crippen molar-refractivity contribution in [2.75, 3.05) is 0 Å². The van der Waals surface area contributed by atoms with E-state index in [9.17, 15) is 9.59 Å². The van der Waals surface area contributed by atoms with Gasteiger partial charge in [-0.2, -0.15) is 10.2 Å². The predicted octanol–water partition coefficient (Wildman–Crippen LogP) is 10.7. The van der Waals surface area contributed by atoms with Gasteiger partial charge in [0.25, 0.3) is 11.1 Å². The van der Waals surface area contributed by atoms with Gasteiger partial charge in [-0.05, 0) is 139 Å². The van der Waals surface area contributed by atoms with Gasteiger partial charge in [0.05, 0.1) is 12.1 Å². The second-order valence-corrected chi connectivity index (χ2v) is 17.6. The fraction of sp³-hybridized carbons (Fsp3) is 0.583. The summed E-state index contributed by atoms with van der Waals surface area (Å²) in [5.74, 6) is 1.47. The second-order valence-electron chi connectivity index (χ2n) is 17.2. The van der Waals surface area contributed by atoms with Crippen LogP contribution in [0.4, 0.5) is 0 Å². The minimum atomic E-state index is -0.442. The van der Waals surface area contributed by atoms with E-state index in [1.165, 1.54) is 98.7 Å². The molecule has 4 aromatic rings. The van der Waals surface area contributed by atoms with Gasteiger partial charge in [0.1, 0.15) is 5.69 Å². The van der Waals surface area contributed by atoms with Gasteiger partial charge in [0.15, 0.2) is 5.69 Å². The highest BCUT2D eigenvalue weighted by molar-refractivity contribution is 6.67. The lowest BCUT2D eigenvalue weighted by Crippen LogP contribution is -2.39. The first kappa shape index (κ1) is 42.8. The molecule has 4 atom stereocenters. The number of nitrogens with two attached hydrogens (primary N) is 1. The lowest BCUT2D eigenvalue weighted by atomic mass is 9.84. The number of hydrogen-bond acceptors (Lipinski definition) is 5. The smallest absolute Gasteiger partial charge is 0.273 e. The van der Waals surface area contributed by atoms with Crippen molar-refractivity contribution < 1.29 is 9.59 Å². The quantitative estimate of drug-likeness (QED) is 0.164. The van der Waals surface area contributed by atoms with Crippen LogP contribution in [-0.2, 0) is 25.7 Å². The maximum absolute atomic E-state index is 13.2. The Morgan fingerprint density at radius 1 is 0.614 bits per heavy atom. The van der Waals surface area contributed by atoms with Crippen LogP contribution in [0.2, 0.25) is 0 Å². The summed E-state index contributed by atoms with van der Waals surface area (Å²) in [5.41, 5.74) is 14.0. The number of rotatable bonds is 9. The Balaban J connectivity index is 0.000000164. The van der Waals surface area contributed by atoms with Crippen LogP contribution < -0.4 is 11.1 Å². The van der Waals surface area contributed by atoms with E-state index in [0.29, 0.717) is 23.3 Å². The number of fused-ring (bicyclic) bond motifs is 2. The molecule has 0 spiro atoms. The van der Waals surface area contributed by atoms with E-state index in [4.69, 9.17) is 22.4 Å². The molecule has 1 amide bonds. The highest BCUT2D eigenvalue weighted by Crippen LogP contribution is 2.32. The Kier molecular flexibility index (Phi) is 15.6. The summed E-state index contributed by atoms with van der Waals surface area (Å²) in [5, 5.41) is 12.2. The Labute approximate surface area is 346 Å². The normalized spacial score (nSPS) is 19.3. The lowest BCUT2D eigenvalue weighted by molar-refractivity contribution is 0.0911. The number of amides is 1. The number of carbonyl (C=O) groups is 2. The van der Waals surface area contributed by atoms with Crippen molar-refractivity contribution >= 4 is 22.8 Å². The molecule has 3 N–H and O–H groups in total. The Morgan fingerprint density at radius 2 is 1.04 bits per heavy atom. The first-order chi connectivity index (χ1) is 27.6. The van der Waals surface area contributed by atoms with Crippen LogP contribution in [0.5, 0.6) is 0 Å². The third kappa shape index (κ3) is 10.9. The molecule has 2 heterocycles. The van der Waals surface area contributed by atoms with Crippen molar-refractivity contribution in [1.82, 2.24) is 24.9 Å². The van der Waals surface area contributed by atoms with E-state index < -0.39 is 5.24 Å². The standard InChI is InChI=1S/C24H33N3O.C16H17ClN2O.C8H17N/c1-17(19-11-5-3-6-12-19)25-24(28)23-21-15-9-10-16-22(21)27(26-23)18(2)20-13-7-4-8-14-20;1-11(12-7-3-2-4-8-12)19-14-10-6-5-9-13(14)15(18-19)16(17)20;1-7(9)8-5-3-2-4-6-8/h4,7-8,13-14,17-19H,3,5-6,9-12,15-16H2,1-2H3,(H,25,28);2-4,7-8,11H,5-6,9-10H2,1H3;7-8H,2-6,9H2,1H3/t17-,18?;;7-/m0.0/s1. The maximum Gasteiger partial charge on any atom is 0.273 e. The Morgan fingerprint density at radius 3 is 1.47 bits per heavy atom. The lowest BCUT2D eigenvalue weighted by Gasteiger charge is -2.28. The van der Waals surface area contributed by atoms with E-state index in [-0.39, 0.29) is 24.0 Å². The Hall–Kier alpha value is -3.75. The van der Waals surface area contributed by atoms with Crippen molar-refractivity contribution in [2.45, 2.75) is 167 Å². The van der Waals surface area contributed by atoms with E-state index >= 15 is 0 Å². The number of benzene rings is 2. The molecule has 0 radical (unpaired) electrons. The summed E-state index contributed by atoms with van der Waals surface area (Å²) in [6.07, 6.45) is 21.9. The molecule has 0 bridgehead atoms. The van der Waals surface area contributed by atoms with Gasteiger partial charge >= 0.3 is 0 Å². The predicted molar refractivity (Wildman–Crippen MR) is 232 cm³/mol. The highest BCUT2D eigenvalue weighted by atomic mass is 35.5. The van der Waals surface area contributed by atoms with E-state index in [1.807, 2.05) is 28.9 Å². The van der Waals surface area contributed by atoms with Crippen LogP contribution in [0.3, 0.4) is 0 Å². The number of nitrogens with zero attached hydrogens (tertiary/aromatic N) is 4. The SMILES string of the molecule is CC(c1ccccc1)n1nc(C(=O)Cl)c2c1CCCC2.CC(c1ccccc1)n1nc(C(=O)N[C@@H](C)C2CCCCC2)c2c1CCCC2.C[C@H](N)C1CCCCC1. The van der Waals surface area contributed by atoms with Gasteiger partial charge in [0.2, 0.25) is 0 Å². The number of aromatic nitrogens is 4. The van der Waals surface area contributed by atoms with Crippen LogP contribution >= 0.6 is 11.6 Å². The van der Waals surface area contributed by atoms with E-state index in [2.05, 4.69) is 79.2 Å². The van der Waals surface area contributed by atoms with Gasteiger partial charge in [-0.1, -0.05) is 99.2 Å². The summed E-state index contributed by atoms with van der Waals surface area (Å²) >= 11 is 5.69. The van der Waals surface area contributed by atoms with Gasteiger partial charge in [-0.3, -0.25) is 19.0 Å². The second kappa shape index (κ2) is 20.8. The average Bonchev–Trinajstić information content (AvgIpc) is 3.85. The zero-order valence-corrected chi connectivity index (χ0v) is 35.8. The first-order valence-corrected chi connectivity index (χ1v) is 22.6. The monoisotopic (exact) mass is 795 g/mol. The van der Waals surface area contributed by atoms with Crippen molar-refractivity contribution in [3.63, 3.8) is 0 Å². The van der Waals surface area contributed by atoms with Gasteiger partial charge in [-0.25, -0.2) is 0 Å². The summed E-state index contributed by atoms with van der Waals surface area (Å²) in [6, 6.07) is 21.6. The third-order valence-electron chi connectivity index (χ3n) is 13.2. The molecule has 9 heteroatoms. The molecule has 308 valence electrons. The molecule has 2 fully saturated rings. The number of nitrogens with one attached hydrogen (secondary N) is 1. The third-order valence-corrected chi connectivity index (χ3v) is 13.4. The molecule has 2 unspecified atom stereocenters. The van der Waals surface area contributed by atoms with Crippen LogP contribution in [0, 0.1) is 11.8 Å². The van der Waals surface area contributed by atoms with Crippen LogP contribution in [-0.4, -0.2) is 42.8 Å². The molecule has 4 aliphatic rings. The molecule has 0 saturated heterocycles. The minimum Gasteiger partial charge on any atom is -0.348 e. The Bertz CT molecular complexity index is 1870. The van der Waals surface area contributed by atoms with Gasteiger partial charge in [-0.15, -0.1) is 0 Å². The van der Waals surface area contributed by atoms with Crippen molar-refractivity contribution in [1.29, 1.82) is 0 Å². The first-order valence-electron chi connectivity index (χ1n) is 22.2. The van der Waals surface area contributed by atoms with Crippen LogP contribution in [0.25, 0.3) is 0 Å².